The van der Waals surface area contributed by atoms with Crippen molar-refractivity contribution in [2.24, 2.45) is 0 Å². The molecule has 1 rings (SSSR count). The Bertz CT molecular complexity index is 429. The molecule has 1 aromatic carbocycles. The number of nitrogens with one attached hydrogen (secondary N) is 1. The smallest absolute Gasteiger partial charge is 0.308 e. The lowest BCUT2D eigenvalue weighted by Crippen LogP contribution is -2.25. The highest BCUT2D eigenvalue weighted by Gasteiger charge is 2.15. The number of hydrogen-bond donors (Lipinski definition) is 1. The highest BCUT2D eigenvalue weighted by atomic mass is 79.9. The van der Waals surface area contributed by atoms with E-state index in [1.165, 1.54) is 0 Å². The summed E-state index contributed by atoms with van der Waals surface area (Å²) in [6.45, 7) is 6.09. The summed E-state index contributed by atoms with van der Waals surface area (Å²) in [4.78, 5) is 11.5. The molecule has 0 amide bonds. The lowest BCUT2D eigenvalue weighted by molar-refractivity contribution is -0.154. The molecule has 1 aromatic rings. The molecule has 0 saturated heterocycles. The number of ether oxygens (including phenoxy) is 1. The van der Waals surface area contributed by atoms with Crippen LogP contribution in [0.5, 0.6) is 0 Å². The fourth-order valence-corrected chi connectivity index (χ4v) is 2.15. The molecule has 0 bridgehead atoms. The van der Waals surface area contributed by atoms with Gasteiger partial charge in [0.1, 0.15) is 5.60 Å². The Morgan fingerprint density at radius 1 is 1.44 bits per heavy atom. The van der Waals surface area contributed by atoms with Gasteiger partial charge in [-0.2, -0.15) is 0 Å². The van der Waals surface area contributed by atoms with Crippen molar-refractivity contribution in [3.8, 4) is 0 Å². The molecule has 5 heteroatoms. The van der Waals surface area contributed by atoms with Crippen LogP contribution in [-0.4, -0.2) is 18.1 Å². The van der Waals surface area contributed by atoms with E-state index in [0.717, 1.165) is 10.2 Å². The molecule has 0 atom stereocenters. The second-order valence-electron chi connectivity index (χ2n) is 4.89. The van der Waals surface area contributed by atoms with Crippen LogP contribution in [0.25, 0.3) is 0 Å². The van der Waals surface area contributed by atoms with E-state index in [9.17, 15) is 4.79 Å². The third-order valence-corrected chi connectivity index (χ3v) is 2.89. The molecule has 0 fully saturated rings. The summed E-state index contributed by atoms with van der Waals surface area (Å²) in [7, 11) is 0. The number of benzene rings is 1. The number of hydrogen-bond acceptors (Lipinski definition) is 3. The van der Waals surface area contributed by atoms with Crippen molar-refractivity contribution >= 4 is 39.2 Å². The van der Waals surface area contributed by atoms with Crippen LogP contribution in [0.1, 0.15) is 27.2 Å². The average Bonchev–Trinajstić information content (AvgIpc) is 2.18. The van der Waals surface area contributed by atoms with Gasteiger partial charge in [0.2, 0.25) is 0 Å². The number of carbonyl (C=O) groups excluding carboxylic acids is 1. The van der Waals surface area contributed by atoms with Crippen LogP contribution in [0.4, 0.5) is 5.69 Å². The van der Waals surface area contributed by atoms with Crippen LogP contribution in [0.3, 0.4) is 0 Å². The third kappa shape index (κ3) is 5.74. The molecule has 0 unspecified atom stereocenters. The van der Waals surface area contributed by atoms with E-state index in [1.807, 2.05) is 26.8 Å². The highest BCUT2D eigenvalue weighted by Crippen LogP contribution is 2.25. The minimum absolute atomic E-state index is 0.208. The van der Waals surface area contributed by atoms with Gasteiger partial charge in [-0.3, -0.25) is 4.79 Å². The summed E-state index contributed by atoms with van der Waals surface area (Å²) in [6.07, 6.45) is 0.326. The first kappa shape index (κ1) is 15.3. The summed E-state index contributed by atoms with van der Waals surface area (Å²) in [5.41, 5.74) is 0.473. The van der Waals surface area contributed by atoms with Gasteiger partial charge < -0.3 is 10.1 Å². The van der Waals surface area contributed by atoms with Crippen molar-refractivity contribution in [1.29, 1.82) is 0 Å². The summed E-state index contributed by atoms with van der Waals surface area (Å²) in [5.74, 6) is -0.208. The molecule has 0 aliphatic heterocycles. The lowest BCUT2D eigenvalue weighted by atomic mass is 10.2. The Labute approximate surface area is 121 Å². The number of esters is 1. The van der Waals surface area contributed by atoms with Crippen molar-refractivity contribution in [2.75, 3.05) is 11.9 Å². The molecule has 0 saturated carbocycles. The SMILES string of the molecule is CC(C)(C)OC(=O)CCNc1ccc(Cl)cc1Br. The fraction of sp³-hybridized carbons (Fsp3) is 0.462. The Morgan fingerprint density at radius 2 is 2.11 bits per heavy atom. The van der Waals surface area contributed by atoms with Crippen LogP contribution in [0, 0.1) is 0 Å². The molecule has 18 heavy (non-hydrogen) atoms. The Kier molecular flexibility index (Phi) is 5.47. The quantitative estimate of drug-likeness (QED) is 0.837. The second-order valence-corrected chi connectivity index (χ2v) is 6.18. The minimum Gasteiger partial charge on any atom is -0.460 e. The normalized spacial score (nSPS) is 11.2. The summed E-state index contributed by atoms with van der Waals surface area (Å²) in [6, 6.07) is 5.46. The van der Waals surface area contributed by atoms with Gasteiger partial charge in [-0.25, -0.2) is 0 Å². The lowest BCUT2D eigenvalue weighted by Gasteiger charge is -2.19. The van der Waals surface area contributed by atoms with Gasteiger partial charge >= 0.3 is 5.97 Å². The molecule has 0 heterocycles. The number of halogens is 2. The van der Waals surface area contributed by atoms with Crippen LogP contribution in [0.15, 0.2) is 22.7 Å². The van der Waals surface area contributed by atoms with Crippen LogP contribution < -0.4 is 5.32 Å². The zero-order valence-corrected chi connectivity index (χ0v) is 13.1. The van der Waals surface area contributed by atoms with E-state index in [1.54, 1.807) is 12.1 Å². The summed E-state index contributed by atoms with van der Waals surface area (Å²) >= 11 is 9.24. The third-order valence-electron chi connectivity index (χ3n) is 2.00. The van der Waals surface area contributed by atoms with Crippen LogP contribution in [0.2, 0.25) is 5.02 Å². The van der Waals surface area contributed by atoms with E-state index in [4.69, 9.17) is 16.3 Å². The Hall–Kier alpha value is -0.740. The minimum atomic E-state index is -0.433. The van der Waals surface area contributed by atoms with E-state index in [0.29, 0.717) is 18.0 Å². The van der Waals surface area contributed by atoms with E-state index >= 15 is 0 Å². The molecule has 1 N–H and O–H groups in total. The maximum atomic E-state index is 11.5. The number of anilines is 1. The molecule has 3 nitrogen and oxygen atoms in total. The average molecular weight is 335 g/mol. The van der Waals surface area contributed by atoms with Crippen molar-refractivity contribution in [3.63, 3.8) is 0 Å². The largest absolute Gasteiger partial charge is 0.460 e. The molecular weight excluding hydrogens is 318 g/mol. The molecule has 0 spiro atoms. The van der Waals surface area contributed by atoms with Gasteiger partial charge in [0, 0.05) is 21.7 Å². The molecule has 0 aliphatic rings. The molecule has 100 valence electrons. The maximum absolute atomic E-state index is 11.5. The van der Waals surface area contributed by atoms with Crippen molar-refractivity contribution in [3.05, 3.63) is 27.7 Å². The predicted octanol–water partition coefficient (Wildman–Crippen LogP) is 4.25. The first-order valence-corrected chi connectivity index (χ1v) is 6.86. The van der Waals surface area contributed by atoms with Gasteiger partial charge in [0.25, 0.3) is 0 Å². The second kappa shape index (κ2) is 6.43. The van der Waals surface area contributed by atoms with Gasteiger partial charge in [0.15, 0.2) is 0 Å². The Balaban J connectivity index is 2.40. The number of carbonyl (C=O) groups is 1. The van der Waals surface area contributed by atoms with Crippen LogP contribution >= 0.6 is 27.5 Å². The molecular formula is C13H17BrClNO2. The van der Waals surface area contributed by atoms with Gasteiger partial charge in [-0.05, 0) is 54.9 Å². The highest BCUT2D eigenvalue weighted by molar-refractivity contribution is 9.10. The molecule has 0 radical (unpaired) electrons. The number of rotatable bonds is 4. The zero-order valence-electron chi connectivity index (χ0n) is 10.7. The Morgan fingerprint density at radius 3 is 2.67 bits per heavy atom. The van der Waals surface area contributed by atoms with Crippen LogP contribution in [-0.2, 0) is 9.53 Å². The molecule has 0 aliphatic carbocycles. The zero-order chi connectivity index (χ0) is 13.8. The first-order chi connectivity index (χ1) is 8.28. The monoisotopic (exact) mass is 333 g/mol. The maximum Gasteiger partial charge on any atom is 0.308 e. The first-order valence-electron chi connectivity index (χ1n) is 5.69. The standard InChI is InChI=1S/C13H17BrClNO2/c1-13(2,3)18-12(17)6-7-16-11-5-4-9(15)8-10(11)14/h4-5,8,16H,6-7H2,1-3H3. The van der Waals surface area contributed by atoms with Crippen molar-refractivity contribution in [1.82, 2.24) is 0 Å². The molecule has 0 aromatic heterocycles. The van der Waals surface area contributed by atoms with E-state index < -0.39 is 5.60 Å². The van der Waals surface area contributed by atoms with E-state index in [2.05, 4.69) is 21.2 Å². The summed E-state index contributed by atoms with van der Waals surface area (Å²) in [5, 5.41) is 3.82. The van der Waals surface area contributed by atoms with Gasteiger partial charge in [0.05, 0.1) is 6.42 Å². The topological polar surface area (TPSA) is 38.3 Å². The summed E-state index contributed by atoms with van der Waals surface area (Å²) < 4.78 is 6.09. The van der Waals surface area contributed by atoms with Gasteiger partial charge in [-0.15, -0.1) is 0 Å². The van der Waals surface area contributed by atoms with Crippen molar-refractivity contribution < 1.29 is 9.53 Å². The van der Waals surface area contributed by atoms with E-state index in [-0.39, 0.29) is 5.97 Å². The predicted molar refractivity (Wildman–Crippen MR) is 78.1 cm³/mol. The van der Waals surface area contributed by atoms with Gasteiger partial charge in [-0.1, -0.05) is 11.6 Å². The van der Waals surface area contributed by atoms with Crippen molar-refractivity contribution in [2.45, 2.75) is 32.8 Å². The fourth-order valence-electron chi connectivity index (χ4n) is 1.32.